The molecular formula is C12H9Cl3N2S. The predicted octanol–water partition coefficient (Wildman–Crippen LogP) is 5.15. The molecule has 1 aromatic carbocycles. The van der Waals surface area contributed by atoms with Crippen molar-refractivity contribution in [3.8, 4) is 0 Å². The number of nitrogens with zero attached hydrogens (tertiary/aromatic N) is 2. The van der Waals surface area contributed by atoms with Gasteiger partial charge in [-0.2, -0.15) is 0 Å². The van der Waals surface area contributed by atoms with Crippen LogP contribution in [0, 0.1) is 0 Å². The number of hydrogen-bond acceptors (Lipinski definition) is 3. The van der Waals surface area contributed by atoms with Gasteiger partial charge < -0.3 is 0 Å². The Labute approximate surface area is 125 Å². The van der Waals surface area contributed by atoms with Crippen LogP contribution in [-0.4, -0.2) is 9.97 Å². The van der Waals surface area contributed by atoms with Crippen LogP contribution < -0.4 is 0 Å². The molecule has 2 rings (SSSR count). The van der Waals surface area contributed by atoms with Crippen LogP contribution in [0.25, 0.3) is 0 Å². The summed E-state index contributed by atoms with van der Waals surface area (Å²) in [5.41, 5.74) is 0. The Hall–Kier alpha value is -0.480. The third-order valence-electron chi connectivity index (χ3n) is 2.15. The highest BCUT2D eigenvalue weighted by Crippen LogP contribution is 2.32. The molecule has 94 valence electrons. The van der Waals surface area contributed by atoms with Crippen molar-refractivity contribution in [1.82, 2.24) is 9.97 Å². The lowest BCUT2D eigenvalue weighted by molar-refractivity contribution is 0.889. The van der Waals surface area contributed by atoms with E-state index in [1.54, 1.807) is 18.2 Å². The van der Waals surface area contributed by atoms with E-state index in [0.717, 1.165) is 22.2 Å². The lowest BCUT2D eigenvalue weighted by atomic mass is 10.4. The molecule has 0 atom stereocenters. The fourth-order valence-corrected chi connectivity index (χ4v) is 2.82. The zero-order valence-electron chi connectivity index (χ0n) is 9.45. The molecule has 1 aromatic heterocycles. The molecule has 0 N–H and O–H groups in total. The molecule has 0 saturated carbocycles. The fraction of sp³-hybridized carbons (Fsp3) is 0.167. The van der Waals surface area contributed by atoms with Crippen molar-refractivity contribution >= 4 is 46.6 Å². The molecule has 0 spiro atoms. The topological polar surface area (TPSA) is 25.8 Å². The van der Waals surface area contributed by atoms with Crippen molar-refractivity contribution in [2.75, 3.05) is 0 Å². The van der Waals surface area contributed by atoms with Crippen molar-refractivity contribution in [3.05, 3.63) is 45.3 Å². The van der Waals surface area contributed by atoms with Crippen LogP contribution in [-0.2, 0) is 6.42 Å². The first-order chi connectivity index (χ1) is 8.58. The molecule has 2 nitrogen and oxygen atoms in total. The van der Waals surface area contributed by atoms with Gasteiger partial charge in [-0.25, -0.2) is 9.97 Å². The summed E-state index contributed by atoms with van der Waals surface area (Å²) in [6, 6.07) is 7.18. The van der Waals surface area contributed by atoms with Crippen LogP contribution >= 0.6 is 46.6 Å². The summed E-state index contributed by atoms with van der Waals surface area (Å²) in [4.78, 5) is 9.47. The third kappa shape index (κ3) is 3.51. The number of hydrogen-bond donors (Lipinski definition) is 0. The number of rotatable bonds is 3. The molecule has 0 aliphatic rings. The largest absolute Gasteiger partial charge is 0.226 e. The highest BCUT2D eigenvalue weighted by atomic mass is 35.5. The summed E-state index contributed by atoms with van der Waals surface area (Å²) >= 11 is 19.2. The average molecular weight is 320 g/mol. The summed E-state index contributed by atoms with van der Waals surface area (Å²) in [5, 5.41) is 2.31. The molecule has 0 fully saturated rings. The van der Waals surface area contributed by atoms with Gasteiger partial charge in [-0.05, 0) is 18.2 Å². The maximum atomic E-state index is 5.97. The maximum Gasteiger partial charge on any atom is 0.133 e. The van der Waals surface area contributed by atoms with E-state index in [4.69, 9.17) is 34.8 Å². The van der Waals surface area contributed by atoms with E-state index in [1.807, 2.05) is 13.0 Å². The Bertz CT molecular complexity index is 575. The highest BCUT2D eigenvalue weighted by molar-refractivity contribution is 7.99. The molecule has 6 heteroatoms. The van der Waals surface area contributed by atoms with Crippen LogP contribution in [0.2, 0.25) is 15.2 Å². The molecule has 18 heavy (non-hydrogen) atoms. The zero-order valence-corrected chi connectivity index (χ0v) is 12.5. The second-order valence-corrected chi connectivity index (χ2v) is 5.77. The van der Waals surface area contributed by atoms with Crippen LogP contribution in [0.4, 0.5) is 0 Å². The fourth-order valence-electron chi connectivity index (χ4n) is 1.31. The summed E-state index contributed by atoms with van der Waals surface area (Å²) in [6.07, 6.45) is 0.746. The van der Waals surface area contributed by atoms with Gasteiger partial charge in [-0.3, -0.25) is 0 Å². The summed E-state index contributed by atoms with van der Waals surface area (Å²) in [5.74, 6) is 0.727. The first-order valence-corrected chi connectivity index (χ1v) is 7.20. The van der Waals surface area contributed by atoms with E-state index in [2.05, 4.69) is 9.97 Å². The zero-order chi connectivity index (χ0) is 13.1. The van der Waals surface area contributed by atoms with Crippen molar-refractivity contribution in [3.63, 3.8) is 0 Å². The lowest BCUT2D eigenvalue weighted by Gasteiger charge is -2.04. The monoisotopic (exact) mass is 318 g/mol. The van der Waals surface area contributed by atoms with Crippen molar-refractivity contribution in [2.24, 2.45) is 0 Å². The second kappa shape index (κ2) is 6.11. The standard InChI is InChI=1S/C12H9Cl3N2S/c1-2-11-16-10(15)6-12(17-11)18-7-3-4-8(13)9(14)5-7/h3-6H,2H2,1H3. The quantitative estimate of drug-likeness (QED) is 0.732. The van der Waals surface area contributed by atoms with Crippen molar-refractivity contribution in [1.29, 1.82) is 0 Å². The summed E-state index contributed by atoms with van der Waals surface area (Å²) in [6.45, 7) is 1.99. The van der Waals surface area contributed by atoms with E-state index in [9.17, 15) is 0 Å². The van der Waals surface area contributed by atoms with E-state index in [1.165, 1.54) is 11.8 Å². The summed E-state index contributed by atoms with van der Waals surface area (Å²) in [7, 11) is 0. The Morgan fingerprint density at radius 3 is 2.50 bits per heavy atom. The molecule has 1 heterocycles. The first kappa shape index (κ1) is 13.9. The third-order valence-corrected chi connectivity index (χ3v) is 3.99. The average Bonchev–Trinajstić information content (AvgIpc) is 2.33. The normalized spacial score (nSPS) is 10.7. The Kier molecular flexibility index (Phi) is 4.73. The molecule has 0 bridgehead atoms. The maximum absolute atomic E-state index is 5.97. The van der Waals surface area contributed by atoms with Gasteiger partial charge in [-0.1, -0.05) is 53.5 Å². The minimum Gasteiger partial charge on any atom is -0.226 e. The number of aromatic nitrogens is 2. The van der Waals surface area contributed by atoms with Gasteiger partial charge in [0.2, 0.25) is 0 Å². The van der Waals surface area contributed by atoms with Crippen molar-refractivity contribution < 1.29 is 0 Å². The van der Waals surface area contributed by atoms with Crippen LogP contribution in [0.15, 0.2) is 34.2 Å². The number of halogens is 3. The minimum atomic E-state index is 0.449. The molecule has 0 aliphatic carbocycles. The van der Waals surface area contributed by atoms with Gasteiger partial charge in [0.15, 0.2) is 0 Å². The predicted molar refractivity (Wildman–Crippen MR) is 77.0 cm³/mol. The highest BCUT2D eigenvalue weighted by Gasteiger charge is 2.06. The Morgan fingerprint density at radius 2 is 1.83 bits per heavy atom. The van der Waals surface area contributed by atoms with E-state index in [0.29, 0.717) is 15.2 Å². The van der Waals surface area contributed by atoms with Gasteiger partial charge in [0.25, 0.3) is 0 Å². The molecule has 0 saturated heterocycles. The van der Waals surface area contributed by atoms with Gasteiger partial charge in [0.1, 0.15) is 16.0 Å². The lowest BCUT2D eigenvalue weighted by Crippen LogP contribution is -1.94. The smallest absolute Gasteiger partial charge is 0.133 e. The molecule has 0 amide bonds. The van der Waals surface area contributed by atoms with E-state index < -0.39 is 0 Å². The Morgan fingerprint density at radius 1 is 1.06 bits per heavy atom. The number of benzene rings is 1. The number of aryl methyl sites for hydroxylation is 1. The van der Waals surface area contributed by atoms with Gasteiger partial charge in [0, 0.05) is 17.4 Å². The van der Waals surface area contributed by atoms with Gasteiger partial charge in [0.05, 0.1) is 10.0 Å². The van der Waals surface area contributed by atoms with Crippen LogP contribution in [0.1, 0.15) is 12.7 Å². The van der Waals surface area contributed by atoms with Gasteiger partial charge >= 0.3 is 0 Å². The molecule has 2 aromatic rings. The van der Waals surface area contributed by atoms with Crippen LogP contribution in [0.5, 0.6) is 0 Å². The molecule has 0 radical (unpaired) electrons. The molecule has 0 aliphatic heterocycles. The summed E-state index contributed by atoms with van der Waals surface area (Å²) < 4.78 is 0. The SMILES string of the molecule is CCc1nc(Cl)cc(Sc2ccc(Cl)c(Cl)c2)n1. The molecule has 0 unspecified atom stereocenters. The van der Waals surface area contributed by atoms with Crippen molar-refractivity contribution in [2.45, 2.75) is 23.3 Å². The Balaban J connectivity index is 2.27. The molecular weight excluding hydrogens is 311 g/mol. The van der Waals surface area contributed by atoms with E-state index >= 15 is 0 Å². The van der Waals surface area contributed by atoms with E-state index in [-0.39, 0.29) is 0 Å². The first-order valence-electron chi connectivity index (χ1n) is 5.25. The van der Waals surface area contributed by atoms with Crippen LogP contribution in [0.3, 0.4) is 0 Å². The second-order valence-electron chi connectivity index (χ2n) is 3.48. The van der Waals surface area contributed by atoms with Gasteiger partial charge in [-0.15, -0.1) is 0 Å². The minimum absolute atomic E-state index is 0.449.